The molecule has 0 aromatic rings. The molecular formula is C5H10F2N2. The smallest absolute Gasteiger partial charge is 0.240 e. The van der Waals surface area contributed by atoms with Gasteiger partial charge in [-0.05, 0) is 6.92 Å². The van der Waals surface area contributed by atoms with E-state index in [0.717, 1.165) is 0 Å². The number of halogens is 2. The number of aliphatic imine (C=N–C) groups is 1. The lowest BCUT2D eigenvalue weighted by atomic mass is 10.4. The molecule has 0 rings (SSSR count). The second kappa shape index (κ2) is 4.23. The van der Waals surface area contributed by atoms with Crippen LogP contribution in [0.4, 0.5) is 8.78 Å². The van der Waals surface area contributed by atoms with Crippen molar-refractivity contribution in [2.45, 2.75) is 19.8 Å². The number of amidine groups is 1. The molecule has 0 heterocycles. The first-order chi connectivity index (χ1) is 4.13. The van der Waals surface area contributed by atoms with Crippen molar-refractivity contribution in [2.75, 3.05) is 6.54 Å². The molecule has 2 N–H and O–H groups in total. The van der Waals surface area contributed by atoms with Gasteiger partial charge in [-0.3, -0.25) is 4.99 Å². The zero-order valence-corrected chi connectivity index (χ0v) is 5.27. The standard InChI is InChI=1S/C5H10F2N2/c1-4(8)9-3-2-5(6)7/h5H,2-3H2,1H3,(H2,8,9). The third-order valence-corrected chi connectivity index (χ3v) is 0.709. The van der Waals surface area contributed by atoms with Gasteiger partial charge in [-0.25, -0.2) is 8.78 Å². The van der Waals surface area contributed by atoms with Crippen molar-refractivity contribution >= 4 is 5.84 Å². The predicted octanol–water partition coefficient (Wildman–Crippen LogP) is 1.02. The molecule has 0 unspecified atom stereocenters. The summed E-state index contributed by atoms with van der Waals surface area (Å²) in [6, 6.07) is 0. The Morgan fingerprint density at radius 1 is 1.67 bits per heavy atom. The molecule has 0 bridgehead atoms. The number of hydrogen-bond donors (Lipinski definition) is 1. The Labute approximate surface area is 52.8 Å². The van der Waals surface area contributed by atoms with E-state index in [4.69, 9.17) is 5.73 Å². The number of nitrogens with two attached hydrogens (primary N) is 1. The normalized spacial score (nSPS) is 12.7. The second-order valence-corrected chi connectivity index (χ2v) is 1.70. The van der Waals surface area contributed by atoms with Crippen LogP contribution in [0.3, 0.4) is 0 Å². The van der Waals surface area contributed by atoms with Crippen molar-refractivity contribution in [3.63, 3.8) is 0 Å². The van der Waals surface area contributed by atoms with Crippen molar-refractivity contribution in [2.24, 2.45) is 10.7 Å². The van der Waals surface area contributed by atoms with Gasteiger partial charge in [0.05, 0.1) is 5.84 Å². The van der Waals surface area contributed by atoms with Crippen molar-refractivity contribution < 1.29 is 8.78 Å². The van der Waals surface area contributed by atoms with Crippen LogP contribution in [-0.4, -0.2) is 18.8 Å². The molecule has 2 nitrogen and oxygen atoms in total. The van der Waals surface area contributed by atoms with E-state index in [1.54, 1.807) is 6.92 Å². The van der Waals surface area contributed by atoms with E-state index in [1.807, 2.05) is 0 Å². The molecule has 0 aliphatic heterocycles. The van der Waals surface area contributed by atoms with E-state index in [-0.39, 0.29) is 13.0 Å². The summed E-state index contributed by atoms with van der Waals surface area (Å²) < 4.78 is 22.8. The predicted molar refractivity (Wildman–Crippen MR) is 32.8 cm³/mol. The molecule has 0 amide bonds. The van der Waals surface area contributed by atoms with Gasteiger partial charge in [0.15, 0.2) is 0 Å². The highest BCUT2D eigenvalue weighted by Crippen LogP contribution is 1.97. The molecule has 4 heteroatoms. The second-order valence-electron chi connectivity index (χ2n) is 1.70. The van der Waals surface area contributed by atoms with E-state index < -0.39 is 6.43 Å². The first-order valence-corrected chi connectivity index (χ1v) is 2.67. The first kappa shape index (κ1) is 8.33. The van der Waals surface area contributed by atoms with E-state index in [0.29, 0.717) is 5.84 Å². The topological polar surface area (TPSA) is 38.4 Å². The van der Waals surface area contributed by atoms with Gasteiger partial charge in [0.1, 0.15) is 0 Å². The molecule has 0 aliphatic carbocycles. The summed E-state index contributed by atoms with van der Waals surface area (Å²) in [6.07, 6.45) is -2.47. The Morgan fingerprint density at radius 3 is 2.56 bits per heavy atom. The third kappa shape index (κ3) is 7.33. The van der Waals surface area contributed by atoms with Gasteiger partial charge in [0, 0.05) is 13.0 Å². The van der Waals surface area contributed by atoms with Crippen LogP contribution in [0.25, 0.3) is 0 Å². The lowest BCUT2D eigenvalue weighted by Gasteiger charge is -1.93. The maximum atomic E-state index is 11.4. The molecule has 9 heavy (non-hydrogen) atoms. The summed E-state index contributed by atoms with van der Waals surface area (Å²) in [6.45, 7) is 1.70. The van der Waals surface area contributed by atoms with Crippen LogP contribution in [0.15, 0.2) is 4.99 Å². The van der Waals surface area contributed by atoms with Crippen molar-refractivity contribution in [1.82, 2.24) is 0 Å². The summed E-state index contributed by atoms with van der Waals surface area (Å²) in [5.41, 5.74) is 5.08. The molecule has 0 saturated heterocycles. The molecule has 0 atom stereocenters. The van der Waals surface area contributed by atoms with Gasteiger partial charge in [-0.1, -0.05) is 0 Å². The average Bonchev–Trinajstić information content (AvgIpc) is 1.63. The molecule has 54 valence electrons. The molecular weight excluding hydrogens is 126 g/mol. The number of alkyl halides is 2. The summed E-state index contributed by atoms with van der Waals surface area (Å²) in [5, 5.41) is 0. The van der Waals surface area contributed by atoms with Crippen LogP contribution in [0.5, 0.6) is 0 Å². The average molecular weight is 136 g/mol. The maximum Gasteiger partial charge on any atom is 0.240 e. The zero-order chi connectivity index (χ0) is 7.28. The summed E-state index contributed by atoms with van der Waals surface area (Å²) in [4.78, 5) is 3.58. The lowest BCUT2D eigenvalue weighted by Crippen LogP contribution is -2.06. The fourth-order valence-electron chi connectivity index (χ4n) is 0.338. The highest BCUT2D eigenvalue weighted by atomic mass is 19.3. The van der Waals surface area contributed by atoms with Crippen LogP contribution in [0, 0.1) is 0 Å². The number of rotatable bonds is 3. The van der Waals surface area contributed by atoms with E-state index in [1.165, 1.54) is 0 Å². The molecule has 0 spiro atoms. The largest absolute Gasteiger partial charge is 0.388 e. The minimum Gasteiger partial charge on any atom is -0.388 e. The Morgan fingerprint density at radius 2 is 2.22 bits per heavy atom. The fourth-order valence-corrected chi connectivity index (χ4v) is 0.338. The van der Waals surface area contributed by atoms with Crippen molar-refractivity contribution in [3.05, 3.63) is 0 Å². The third-order valence-electron chi connectivity index (χ3n) is 0.709. The summed E-state index contributed by atoms with van der Waals surface area (Å²) in [5.74, 6) is 0.357. The summed E-state index contributed by atoms with van der Waals surface area (Å²) in [7, 11) is 0. The Kier molecular flexibility index (Phi) is 3.92. The van der Waals surface area contributed by atoms with Crippen LogP contribution >= 0.6 is 0 Å². The Balaban J connectivity index is 3.20. The van der Waals surface area contributed by atoms with Crippen LogP contribution in [0.1, 0.15) is 13.3 Å². The molecule has 0 aromatic carbocycles. The highest BCUT2D eigenvalue weighted by molar-refractivity contribution is 5.77. The van der Waals surface area contributed by atoms with Gasteiger partial charge in [-0.15, -0.1) is 0 Å². The van der Waals surface area contributed by atoms with Crippen molar-refractivity contribution in [3.8, 4) is 0 Å². The van der Waals surface area contributed by atoms with Gasteiger partial charge in [0.25, 0.3) is 0 Å². The van der Waals surface area contributed by atoms with E-state index in [2.05, 4.69) is 4.99 Å². The number of hydrogen-bond acceptors (Lipinski definition) is 1. The molecule has 0 saturated carbocycles. The minimum absolute atomic E-state index is 0.125. The molecule has 0 fully saturated rings. The quantitative estimate of drug-likeness (QED) is 0.456. The van der Waals surface area contributed by atoms with Gasteiger partial charge >= 0.3 is 0 Å². The first-order valence-electron chi connectivity index (χ1n) is 2.67. The molecule has 0 aliphatic rings. The SMILES string of the molecule is CC(N)=NCCC(F)F. The lowest BCUT2D eigenvalue weighted by molar-refractivity contribution is 0.141. The van der Waals surface area contributed by atoms with Gasteiger partial charge in [0.2, 0.25) is 6.43 Å². The Bertz CT molecular complexity index is 97.1. The Hall–Kier alpha value is -0.670. The fraction of sp³-hybridized carbons (Fsp3) is 0.800. The zero-order valence-electron chi connectivity index (χ0n) is 5.27. The van der Waals surface area contributed by atoms with Crippen LogP contribution < -0.4 is 5.73 Å². The van der Waals surface area contributed by atoms with Gasteiger partial charge in [-0.2, -0.15) is 0 Å². The summed E-state index contributed by atoms with van der Waals surface area (Å²) >= 11 is 0. The minimum atomic E-state index is -2.27. The maximum absolute atomic E-state index is 11.4. The number of nitrogens with zero attached hydrogens (tertiary/aromatic N) is 1. The highest BCUT2D eigenvalue weighted by Gasteiger charge is 1.98. The van der Waals surface area contributed by atoms with Crippen molar-refractivity contribution in [1.29, 1.82) is 0 Å². The van der Waals surface area contributed by atoms with E-state index in [9.17, 15) is 8.78 Å². The van der Waals surface area contributed by atoms with Gasteiger partial charge < -0.3 is 5.73 Å². The van der Waals surface area contributed by atoms with Crippen LogP contribution in [-0.2, 0) is 0 Å². The molecule has 0 aromatic heterocycles. The van der Waals surface area contributed by atoms with E-state index >= 15 is 0 Å². The monoisotopic (exact) mass is 136 g/mol. The molecule has 0 radical (unpaired) electrons. The van der Waals surface area contributed by atoms with Crippen LogP contribution in [0.2, 0.25) is 0 Å².